The number of nitrogens with zero attached hydrogens (tertiary/aromatic N) is 1. The molecule has 0 atom stereocenters. The minimum absolute atomic E-state index is 0.0730. The van der Waals surface area contributed by atoms with Crippen LogP contribution in [0, 0.1) is 6.92 Å². The molecule has 0 radical (unpaired) electrons. The first kappa shape index (κ1) is 9.56. The zero-order chi connectivity index (χ0) is 10.4. The highest BCUT2D eigenvalue weighted by molar-refractivity contribution is 5.22. The lowest BCUT2D eigenvalue weighted by Gasteiger charge is -2.43. The maximum atomic E-state index is 14.0. The summed E-state index contributed by atoms with van der Waals surface area (Å²) in [6.07, 6.45) is -0.146. The van der Waals surface area contributed by atoms with Gasteiger partial charge in [0.15, 0.2) is 5.67 Å². The molecule has 0 amide bonds. The summed E-state index contributed by atoms with van der Waals surface area (Å²) in [6.45, 7) is 3.24. The Morgan fingerprint density at radius 3 is 2.43 bits per heavy atom. The molecule has 1 nitrogen and oxygen atoms in total. The van der Waals surface area contributed by atoms with Crippen LogP contribution in [0.5, 0.6) is 0 Å². The molecular formula is C11H13F2N. The number of hydrogen-bond donors (Lipinski definition) is 0. The molecule has 0 spiro atoms. The third kappa shape index (κ3) is 1.51. The van der Waals surface area contributed by atoms with E-state index >= 15 is 0 Å². The molecule has 2 rings (SSSR count). The lowest BCUT2D eigenvalue weighted by atomic mass is 9.69. The van der Waals surface area contributed by atoms with E-state index in [0.717, 1.165) is 5.69 Å². The highest BCUT2D eigenvalue weighted by Crippen LogP contribution is 2.52. The van der Waals surface area contributed by atoms with Crippen LogP contribution >= 0.6 is 0 Å². The molecule has 0 aliphatic heterocycles. The molecule has 1 fully saturated rings. The minimum atomic E-state index is -1.55. The van der Waals surface area contributed by atoms with Crippen molar-refractivity contribution in [2.45, 2.75) is 38.0 Å². The molecular weight excluding hydrogens is 184 g/mol. The van der Waals surface area contributed by atoms with Gasteiger partial charge >= 0.3 is 0 Å². The van der Waals surface area contributed by atoms with Crippen molar-refractivity contribution in [2.24, 2.45) is 0 Å². The van der Waals surface area contributed by atoms with Crippen LogP contribution in [0.2, 0.25) is 0 Å². The molecule has 1 aliphatic rings. The van der Waals surface area contributed by atoms with Gasteiger partial charge in [-0.2, -0.15) is 0 Å². The Morgan fingerprint density at radius 2 is 1.93 bits per heavy atom. The van der Waals surface area contributed by atoms with Crippen molar-refractivity contribution in [3.05, 3.63) is 29.6 Å². The highest BCUT2D eigenvalue weighted by Gasteiger charge is 2.55. The molecule has 0 unspecified atom stereocenters. The maximum absolute atomic E-state index is 14.0. The zero-order valence-electron chi connectivity index (χ0n) is 8.35. The predicted molar refractivity (Wildman–Crippen MR) is 50.5 cm³/mol. The normalized spacial score (nSPS) is 36.6. The average molecular weight is 197 g/mol. The van der Waals surface area contributed by atoms with Gasteiger partial charge in [0.2, 0.25) is 0 Å². The number of alkyl halides is 2. The van der Waals surface area contributed by atoms with Crippen LogP contribution in [-0.2, 0) is 5.67 Å². The van der Waals surface area contributed by atoms with Gasteiger partial charge in [0.1, 0.15) is 5.67 Å². The van der Waals surface area contributed by atoms with E-state index in [1.807, 2.05) is 0 Å². The van der Waals surface area contributed by atoms with Crippen molar-refractivity contribution in [3.63, 3.8) is 0 Å². The molecule has 3 heteroatoms. The number of aromatic nitrogens is 1. The number of pyridine rings is 1. The van der Waals surface area contributed by atoms with Gasteiger partial charge in [0.25, 0.3) is 0 Å². The quantitative estimate of drug-likeness (QED) is 0.674. The smallest absolute Gasteiger partial charge is 0.158 e. The standard InChI is InChI=1S/C11H13F2N/c1-8-4-3-5-9(14-8)11(13)6-10(2,12)7-11/h3-5H,6-7H2,1-2H3. The molecule has 0 N–H and O–H groups in total. The first-order chi connectivity index (χ1) is 6.41. The van der Waals surface area contributed by atoms with E-state index in [1.54, 1.807) is 25.1 Å². The lowest BCUT2D eigenvalue weighted by molar-refractivity contribution is -0.0844. The first-order valence-electron chi connectivity index (χ1n) is 4.73. The minimum Gasteiger partial charge on any atom is -0.255 e. The fourth-order valence-corrected chi connectivity index (χ4v) is 2.09. The molecule has 14 heavy (non-hydrogen) atoms. The maximum Gasteiger partial charge on any atom is 0.158 e. The predicted octanol–water partition coefficient (Wildman–Crippen LogP) is 3.08. The topological polar surface area (TPSA) is 12.9 Å². The number of rotatable bonds is 1. The zero-order valence-corrected chi connectivity index (χ0v) is 8.35. The Balaban J connectivity index is 2.25. The third-order valence-electron chi connectivity index (χ3n) is 2.64. The van der Waals surface area contributed by atoms with Gasteiger partial charge in [0.05, 0.1) is 5.69 Å². The molecule has 1 aromatic heterocycles. The van der Waals surface area contributed by atoms with Crippen molar-refractivity contribution in [3.8, 4) is 0 Å². The fraction of sp³-hybridized carbons (Fsp3) is 0.545. The molecule has 1 saturated carbocycles. The Hall–Kier alpha value is -0.990. The van der Waals surface area contributed by atoms with Gasteiger partial charge < -0.3 is 0 Å². The molecule has 0 aromatic carbocycles. The molecule has 1 heterocycles. The largest absolute Gasteiger partial charge is 0.255 e. The van der Waals surface area contributed by atoms with Crippen molar-refractivity contribution >= 4 is 0 Å². The van der Waals surface area contributed by atoms with Crippen molar-refractivity contribution in [1.82, 2.24) is 4.98 Å². The Bertz CT molecular complexity index is 352. The van der Waals surface area contributed by atoms with Crippen LogP contribution in [0.15, 0.2) is 18.2 Å². The van der Waals surface area contributed by atoms with Crippen LogP contribution in [0.1, 0.15) is 31.2 Å². The molecule has 0 saturated heterocycles. The monoisotopic (exact) mass is 197 g/mol. The van der Waals surface area contributed by atoms with Gasteiger partial charge in [-0.25, -0.2) is 8.78 Å². The Labute approximate surface area is 82.2 Å². The van der Waals surface area contributed by atoms with E-state index in [2.05, 4.69) is 4.98 Å². The first-order valence-corrected chi connectivity index (χ1v) is 4.73. The van der Waals surface area contributed by atoms with Gasteiger partial charge in [-0.15, -0.1) is 0 Å². The van der Waals surface area contributed by atoms with Gasteiger partial charge in [-0.3, -0.25) is 4.98 Å². The summed E-state index contributed by atoms with van der Waals surface area (Å²) in [4.78, 5) is 4.09. The highest BCUT2D eigenvalue weighted by atomic mass is 19.2. The SMILES string of the molecule is Cc1cccc(C2(F)CC(C)(F)C2)n1. The summed E-state index contributed by atoms with van der Waals surface area (Å²) < 4.78 is 27.2. The second-order valence-corrected chi connectivity index (χ2v) is 4.40. The second kappa shape index (κ2) is 2.75. The van der Waals surface area contributed by atoms with Crippen molar-refractivity contribution < 1.29 is 8.78 Å². The molecule has 76 valence electrons. The lowest BCUT2D eigenvalue weighted by Crippen LogP contribution is -2.47. The van der Waals surface area contributed by atoms with Gasteiger partial charge in [-0.05, 0) is 26.0 Å². The van der Waals surface area contributed by atoms with Crippen LogP contribution in [0.4, 0.5) is 8.78 Å². The van der Waals surface area contributed by atoms with E-state index in [-0.39, 0.29) is 12.8 Å². The summed E-state index contributed by atoms with van der Waals surface area (Å²) in [5.74, 6) is 0. The summed E-state index contributed by atoms with van der Waals surface area (Å²) in [6, 6.07) is 5.19. The Kier molecular flexibility index (Phi) is 1.88. The summed E-state index contributed by atoms with van der Waals surface area (Å²) in [5, 5.41) is 0. The van der Waals surface area contributed by atoms with E-state index in [4.69, 9.17) is 0 Å². The van der Waals surface area contributed by atoms with Gasteiger partial charge in [-0.1, -0.05) is 6.07 Å². The van der Waals surface area contributed by atoms with E-state index in [0.29, 0.717) is 5.69 Å². The third-order valence-corrected chi connectivity index (χ3v) is 2.64. The van der Waals surface area contributed by atoms with E-state index in [1.165, 1.54) is 6.92 Å². The van der Waals surface area contributed by atoms with Gasteiger partial charge in [0, 0.05) is 18.5 Å². The molecule has 1 aliphatic carbocycles. The van der Waals surface area contributed by atoms with Crippen LogP contribution in [-0.4, -0.2) is 10.7 Å². The van der Waals surface area contributed by atoms with E-state index < -0.39 is 11.3 Å². The average Bonchev–Trinajstić information content (AvgIpc) is 2.00. The molecule has 0 bridgehead atoms. The number of hydrogen-bond acceptors (Lipinski definition) is 1. The van der Waals surface area contributed by atoms with Crippen molar-refractivity contribution in [2.75, 3.05) is 0 Å². The second-order valence-electron chi connectivity index (χ2n) is 4.40. The summed E-state index contributed by atoms with van der Waals surface area (Å²) in [7, 11) is 0. The summed E-state index contributed by atoms with van der Waals surface area (Å²) >= 11 is 0. The van der Waals surface area contributed by atoms with Crippen LogP contribution in [0.3, 0.4) is 0 Å². The van der Waals surface area contributed by atoms with Crippen LogP contribution < -0.4 is 0 Å². The summed E-state index contributed by atoms with van der Waals surface area (Å²) in [5.41, 5.74) is -1.77. The Morgan fingerprint density at radius 1 is 1.29 bits per heavy atom. The number of halogens is 2. The fourth-order valence-electron chi connectivity index (χ4n) is 2.09. The van der Waals surface area contributed by atoms with Crippen LogP contribution in [0.25, 0.3) is 0 Å². The van der Waals surface area contributed by atoms with E-state index in [9.17, 15) is 8.78 Å². The van der Waals surface area contributed by atoms with Crippen molar-refractivity contribution in [1.29, 1.82) is 0 Å². The molecule has 1 aromatic rings. The number of aryl methyl sites for hydroxylation is 1.